The van der Waals surface area contributed by atoms with Gasteiger partial charge in [-0.15, -0.1) is 0 Å². The first-order chi connectivity index (χ1) is 20.2. The van der Waals surface area contributed by atoms with E-state index in [0.29, 0.717) is 6.42 Å². The summed E-state index contributed by atoms with van der Waals surface area (Å²) in [5.41, 5.74) is 1.63. The predicted octanol–water partition coefficient (Wildman–Crippen LogP) is 3.20. The molecule has 1 aromatic heterocycles. The van der Waals surface area contributed by atoms with Crippen molar-refractivity contribution in [2.24, 2.45) is 5.92 Å². The number of halogens is 3. The van der Waals surface area contributed by atoms with E-state index in [-0.39, 0.29) is 44.4 Å². The number of carbonyl (C=O) groups is 5. The Morgan fingerprint density at radius 3 is 2.28 bits per heavy atom. The Hall–Kier alpha value is -3.90. The van der Waals surface area contributed by atoms with Crippen molar-refractivity contribution in [1.29, 1.82) is 0 Å². The minimum atomic E-state index is -4.89. The minimum absolute atomic E-state index is 0.0318. The molecule has 0 spiro atoms. The molecule has 10 nitrogen and oxygen atoms in total. The molecule has 0 aliphatic carbocycles. The van der Waals surface area contributed by atoms with Crippen LogP contribution in [0.1, 0.15) is 71.3 Å². The van der Waals surface area contributed by atoms with Gasteiger partial charge in [0.1, 0.15) is 18.1 Å². The highest BCUT2D eigenvalue weighted by Crippen LogP contribution is 2.21. The molecule has 3 rings (SSSR count). The van der Waals surface area contributed by atoms with Crippen LogP contribution < -0.4 is 21.3 Å². The van der Waals surface area contributed by atoms with Crippen molar-refractivity contribution >= 4 is 40.3 Å². The van der Waals surface area contributed by atoms with Crippen LogP contribution in [0.4, 0.5) is 13.2 Å². The number of rotatable bonds is 10. The second-order valence-corrected chi connectivity index (χ2v) is 11.5. The number of carbonyl (C=O) groups excluding carboxylic acids is 5. The number of Topliss-reactive ketones (excluding diaryl/α,β-unsaturated/α-hetero) is 1. The van der Waals surface area contributed by atoms with Crippen LogP contribution in [0.5, 0.6) is 0 Å². The number of unbranched alkanes of at least 4 members (excludes halogenated alkanes) is 2. The smallest absolute Gasteiger partial charge is 0.361 e. The molecule has 1 aromatic carbocycles. The molecule has 0 saturated carbocycles. The van der Waals surface area contributed by atoms with Gasteiger partial charge in [0.15, 0.2) is 0 Å². The maximum Gasteiger partial charge on any atom is 0.449 e. The van der Waals surface area contributed by atoms with Gasteiger partial charge in [-0.05, 0) is 43.7 Å². The summed E-state index contributed by atoms with van der Waals surface area (Å²) in [7, 11) is 0. The van der Waals surface area contributed by atoms with Gasteiger partial charge in [-0.1, -0.05) is 44.9 Å². The summed E-state index contributed by atoms with van der Waals surface area (Å²) in [6.45, 7) is 5.38. The van der Waals surface area contributed by atoms with Gasteiger partial charge in [0.05, 0.1) is 0 Å². The number of benzene rings is 1. The predicted molar refractivity (Wildman–Crippen MR) is 154 cm³/mol. The van der Waals surface area contributed by atoms with Crippen LogP contribution >= 0.6 is 0 Å². The fourth-order valence-electron chi connectivity index (χ4n) is 5.17. The minimum Gasteiger partial charge on any atom is -0.361 e. The van der Waals surface area contributed by atoms with Crippen LogP contribution in [0.3, 0.4) is 0 Å². The summed E-state index contributed by atoms with van der Waals surface area (Å²) < 4.78 is 37.5. The third-order valence-electron chi connectivity index (χ3n) is 7.38. The Balaban J connectivity index is 1.84. The van der Waals surface area contributed by atoms with E-state index in [1.54, 1.807) is 6.20 Å². The molecule has 43 heavy (non-hydrogen) atoms. The Morgan fingerprint density at radius 2 is 1.58 bits per heavy atom. The van der Waals surface area contributed by atoms with Crippen LogP contribution in [-0.2, 0) is 30.4 Å². The second-order valence-electron chi connectivity index (χ2n) is 11.5. The molecular formula is C30H40F3N5O5. The van der Waals surface area contributed by atoms with Gasteiger partial charge in [0, 0.05) is 42.4 Å². The first kappa shape index (κ1) is 33.6. The van der Waals surface area contributed by atoms with Crippen LogP contribution in [0.25, 0.3) is 10.9 Å². The van der Waals surface area contributed by atoms with Gasteiger partial charge in [-0.3, -0.25) is 24.0 Å². The summed E-state index contributed by atoms with van der Waals surface area (Å²) in [5.74, 6) is -3.85. The fraction of sp³-hybridized carbons (Fsp3) is 0.567. The quantitative estimate of drug-likeness (QED) is 0.263. The van der Waals surface area contributed by atoms with Gasteiger partial charge in [0.2, 0.25) is 29.4 Å². The van der Waals surface area contributed by atoms with Crippen molar-refractivity contribution in [3.8, 4) is 0 Å². The first-order valence-corrected chi connectivity index (χ1v) is 14.6. The number of amides is 4. The highest BCUT2D eigenvalue weighted by Gasteiger charge is 2.37. The number of hydrogen-bond donors (Lipinski definition) is 5. The summed E-state index contributed by atoms with van der Waals surface area (Å²) in [5, 5.41) is 11.8. The molecule has 2 heterocycles. The van der Waals surface area contributed by atoms with Crippen LogP contribution in [0, 0.1) is 5.92 Å². The normalized spacial score (nSPS) is 22.6. The summed E-state index contributed by atoms with van der Waals surface area (Å²) in [6.07, 6.45) is -2.78. The molecule has 0 radical (unpaired) electrons. The summed E-state index contributed by atoms with van der Waals surface area (Å²) in [6, 6.07) is 3.79. The molecule has 0 bridgehead atoms. The van der Waals surface area contributed by atoms with E-state index in [2.05, 4.69) is 26.3 Å². The van der Waals surface area contributed by atoms with Crippen molar-refractivity contribution in [3.05, 3.63) is 36.0 Å². The number of nitrogens with one attached hydrogen (secondary N) is 5. The number of aromatic nitrogens is 1. The van der Waals surface area contributed by atoms with Crippen molar-refractivity contribution in [3.63, 3.8) is 0 Å². The van der Waals surface area contributed by atoms with E-state index in [1.165, 1.54) is 6.92 Å². The van der Waals surface area contributed by atoms with Crippen molar-refractivity contribution < 1.29 is 37.1 Å². The van der Waals surface area contributed by atoms with Gasteiger partial charge >= 0.3 is 6.18 Å². The molecule has 4 atom stereocenters. The Morgan fingerprint density at radius 1 is 0.907 bits per heavy atom. The van der Waals surface area contributed by atoms with Gasteiger partial charge < -0.3 is 26.3 Å². The SMILES string of the molecule is CC(C)C[C@H]1CC(=O)N[C@@H](C)C(=O)N[C@@H](CCCCCC(=O)C(F)(F)F)C(=O)N[C@@H](Cc2c[nH]c3ccccc23)C(=O)N1. The van der Waals surface area contributed by atoms with Crippen molar-refractivity contribution in [1.82, 2.24) is 26.3 Å². The highest BCUT2D eigenvalue weighted by molar-refractivity contribution is 5.95. The monoisotopic (exact) mass is 607 g/mol. The zero-order chi connectivity index (χ0) is 31.7. The third-order valence-corrected chi connectivity index (χ3v) is 7.38. The summed E-state index contributed by atoms with van der Waals surface area (Å²) in [4.78, 5) is 67.2. The van der Waals surface area contributed by atoms with Gasteiger partial charge in [0.25, 0.3) is 0 Å². The van der Waals surface area contributed by atoms with E-state index in [1.807, 2.05) is 38.1 Å². The summed E-state index contributed by atoms with van der Waals surface area (Å²) >= 11 is 0. The molecule has 1 saturated heterocycles. The van der Waals surface area contributed by atoms with E-state index >= 15 is 0 Å². The Bertz CT molecular complexity index is 1310. The zero-order valence-corrected chi connectivity index (χ0v) is 24.6. The molecule has 1 fully saturated rings. The second kappa shape index (κ2) is 15.0. The molecule has 1 aliphatic rings. The number of alkyl halides is 3. The first-order valence-electron chi connectivity index (χ1n) is 14.6. The number of para-hydroxylation sites is 1. The number of H-pyrrole nitrogens is 1. The maximum atomic E-state index is 13.6. The average molecular weight is 608 g/mol. The molecule has 0 unspecified atom stereocenters. The van der Waals surface area contributed by atoms with Crippen molar-refractivity contribution in [2.75, 3.05) is 0 Å². The van der Waals surface area contributed by atoms with Crippen LogP contribution in [-0.4, -0.2) is 64.7 Å². The Kier molecular flexibility index (Phi) is 11.7. The standard InChI is InChI=1S/C30H40F3N5O5/c1-17(2)13-20-15-26(40)35-18(3)27(41)37-23(11-5-4-6-12-25(39)30(31,32)33)28(42)38-24(29(43)36-20)14-19-16-34-22-10-8-7-9-21(19)22/h7-10,16-18,20,23-24,34H,4-6,11-15H2,1-3H3,(H,35,40)(H,36,43)(H,37,41)(H,38,42)/t18-,20-,23-,24-/m0/s1. The van der Waals surface area contributed by atoms with Crippen LogP contribution in [0.2, 0.25) is 0 Å². The average Bonchev–Trinajstić information content (AvgIpc) is 3.32. The molecule has 5 N–H and O–H groups in total. The molecule has 13 heteroatoms. The number of fused-ring (bicyclic) bond motifs is 1. The Labute approximate surface area is 248 Å². The molecular weight excluding hydrogens is 567 g/mol. The topological polar surface area (TPSA) is 149 Å². The highest BCUT2D eigenvalue weighted by atomic mass is 19.4. The van der Waals surface area contributed by atoms with E-state index < -0.39 is 66.2 Å². The third kappa shape index (κ3) is 10.1. The zero-order valence-electron chi connectivity index (χ0n) is 24.6. The number of hydrogen-bond acceptors (Lipinski definition) is 5. The van der Waals surface area contributed by atoms with E-state index in [4.69, 9.17) is 0 Å². The van der Waals surface area contributed by atoms with E-state index in [9.17, 15) is 37.1 Å². The maximum absolute atomic E-state index is 13.6. The number of aromatic amines is 1. The largest absolute Gasteiger partial charge is 0.449 e. The molecule has 1 aliphatic heterocycles. The van der Waals surface area contributed by atoms with Crippen molar-refractivity contribution in [2.45, 2.75) is 102 Å². The van der Waals surface area contributed by atoms with E-state index in [0.717, 1.165) is 16.5 Å². The fourth-order valence-corrected chi connectivity index (χ4v) is 5.17. The molecule has 236 valence electrons. The number of ketones is 1. The lowest BCUT2D eigenvalue weighted by atomic mass is 9.98. The lowest BCUT2D eigenvalue weighted by Gasteiger charge is -2.25. The molecule has 2 aromatic rings. The van der Waals surface area contributed by atoms with Crippen LogP contribution in [0.15, 0.2) is 30.5 Å². The lowest BCUT2D eigenvalue weighted by molar-refractivity contribution is -0.171. The van der Waals surface area contributed by atoms with Gasteiger partial charge in [-0.25, -0.2) is 0 Å². The lowest BCUT2D eigenvalue weighted by Crippen LogP contribution is -2.56. The van der Waals surface area contributed by atoms with Gasteiger partial charge in [-0.2, -0.15) is 13.2 Å². The molecule has 4 amide bonds.